The third-order valence-corrected chi connectivity index (χ3v) is 1.46. The number of primary amides is 1. The molecule has 3 N–H and O–H groups in total. The number of methoxy groups -OCH3 is 1. The van der Waals surface area contributed by atoms with Crippen LogP contribution < -0.4 is 11.1 Å². The Morgan fingerprint density at radius 3 is 3.07 bits per heavy atom. The molecular formula is C8H12N4O2. The summed E-state index contributed by atoms with van der Waals surface area (Å²) in [6.45, 7) is 0.469. The standard InChI is InChI=1S/C8H12N4O2/c1-14-4-6-2-8(12-5-11-6)10-3-7(9)13/h2,5H,3-4H2,1H3,(H2,9,13)(H,10,11,12). The predicted molar refractivity (Wildman–Crippen MR) is 50.4 cm³/mol. The van der Waals surface area contributed by atoms with Crippen LogP contribution in [0.25, 0.3) is 0 Å². The molecule has 0 aliphatic heterocycles. The quantitative estimate of drug-likeness (QED) is 0.663. The molecule has 0 aromatic carbocycles. The SMILES string of the molecule is COCc1cc(NCC(N)=O)ncn1. The summed E-state index contributed by atoms with van der Waals surface area (Å²) in [5.41, 5.74) is 5.71. The normalized spacial score (nSPS) is 9.79. The Kier molecular flexibility index (Phi) is 3.81. The predicted octanol–water partition coefficient (Wildman–Crippen LogP) is -0.480. The van der Waals surface area contributed by atoms with Crippen LogP contribution in [0.2, 0.25) is 0 Å². The summed E-state index contributed by atoms with van der Waals surface area (Å²) in [6.07, 6.45) is 1.40. The molecule has 6 heteroatoms. The maximum absolute atomic E-state index is 10.5. The Labute approximate surface area is 81.5 Å². The second kappa shape index (κ2) is 5.13. The number of aromatic nitrogens is 2. The van der Waals surface area contributed by atoms with Gasteiger partial charge in [0.2, 0.25) is 5.91 Å². The Balaban J connectivity index is 2.58. The van der Waals surface area contributed by atoms with Crippen LogP contribution in [-0.4, -0.2) is 29.5 Å². The number of hydrogen-bond donors (Lipinski definition) is 2. The summed E-state index contributed by atoms with van der Waals surface area (Å²) in [5.74, 6) is 0.128. The van der Waals surface area contributed by atoms with Crippen molar-refractivity contribution in [2.45, 2.75) is 6.61 Å². The summed E-state index contributed by atoms with van der Waals surface area (Å²) >= 11 is 0. The lowest BCUT2D eigenvalue weighted by Gasteiger charge is -2.03. The van der Waals surface area contributed by atoms with Gasteiger partial charge in [0, 0.05) is 13.2 Å². The first kappa shape index (κ1) is 10.4. The Bertz CT molecular complexity index is 316. The fraction of sp³-hybridized carbons (Fsp3) is 0.375. The Morgan fingerprint density at radius 1 is 1.64 bits per heavy atom. The lowest BCUT2D eigenvalue weighted by atomic mass is 10.4. The summed E-state index contributed by atoms with van der Waals surface area (Å²) in [4.78, 5) is 18.3. The highest BCUT2D eigenvalue weighted by atomic mass is 16.5. The Hall–Kier alpha value is -1.69. The van der Waals surface area contributed by atoms with Crippen LogP contribution in [0.4, 0.5) is 5.82 Å². The number of rotatable bonds is 5. The first-order valence-electron chi connectivity index (χ1n) is 4.04. The lowest BCUT2D eigenvalue weighted by molar-refractivity contribution is -0.116. The van der Waals surface area contributed by atoms with E-state index in [0.29, 0.717) is 12.4 Å². The first-order valence-corrected chi connectivity index (χ1v) is 4.04. The van der Waals surface area contributed by atoms with Gasteiger partial charge >= 0.3 is 0 Å². The van der Waals surface area contributed by atoms with Crippen molar-refractivity contribution in [3.05, 3.63) is 18.1 Å². The molecule has 76 valence electrons. The number of carbonyl (C=O) groups excluding carboxylic acids is 1. The maximum atomic E-state index is 10.5. The minimum Gasteiger partial charge on any atom is -0.378 e. The molecule has 0 saturated carbocycles. The van der Waals surface area contributed by atoms with Crippen molar-refractivity contribution in [1.29, 1.82) is 0 Å². The number of hydrogen-bond acceptors (Lipinski definition) is 5. The second-order valence-corrected chi connectivity index (χ2v) is 2.65. The van der Waals surface area contributed by atoms with E-state index >= 15 is 0 Å². The van der Waals surface area contributed by atoms with Gasteiger partial charge in [-0.25, -0.2) is 9.97 Å². The van der Waals surface area contributed by atoms with Crippen molar-refractivity contribution in [2.24, 2.45) is 5.73 Å². The van der Waals surface area contributed by atoms with E-state index in [4.69, 9.17) is 10.5 Å². The van der Waals surface area contributed by atoms with Gasteiger partial charge in [-0.05, 0) is 0 Å². The van der Waals surface area contributed by atoms with Crippen LogP contribution >= 0.6 is 0 Å². The molecular weight excluding hydrogens is 184 g/mol. The number of amides is 1. The van der Waals surface area contributed by atoms with Crippen LogP contribution in [0, 0.1) is 0 Å². The molecule has 1 amide bonds. The van der Waals surface area contributed by atoms with E-state index in [1.807, 2.05) is 0 Å². The fourth-order valence-corrected chi connectivity index (χ4v) is 0.899. The smallest absolute Gasteiger partial charge is 0.236 e. The van der Waals surface area contributed by atoms with Gasteiger partial charge in [-0.2, -0.15) is 0 Å². The van der Waals surface area contributed by atoms with E-state index in [9.17, 15) is 4.79 Å². The van der Waals surface area contributed by atoms with Crippen LogP contribution in [0.5, 0.6) is 0 Å². The fourth-order valence-electron chi connectivity index (χ4n) is 0.899. The minimum absolute atomic E-state index is 0.0590. The van der Waals surface area contributed by atoms with Gasteiger partial charge in [0.25, 0.3) is 0 Å². The van der Waals surface area contributed by atoms with Gasteiger partial charge in [-0.3, -0.25) is 4.79 Å². The Morgan fingerprint density at radius 2 is 2.43 bits per heavy atom. The summed E-state index contributed by atoms with van der Waals surface area (Å²) in [7, 11) is 1.58. The van der Waals surface area contributed by atoms with E-state index < -0.39 is 5.91 Å². The van der Waals surface area contributed by atoms with Gasteiger partial charge in [0.1, 0.15) is 12.1 Å². The zero-order valence-corrected chi connectivity index (χ0v) is 7.86. The monoisotopic (exact) mass is 196 g/mol. The highest BCUT2D eigenvalue weighted by Gasteiger charge is 1.99. The zero-order chi connectivity index (χ0) is 10.4. The van der Waals surface area contributed by atoms with E-state index in [0.717, 1.165) is 5.69 Å². The summed E-state index contributed by atoms with van der Waals surface area (Å²) in [6, 6.07) is 1.70. The van der Waals surface area contributed by atoms with E-state index in [-0.39, 0.29) is 6.54 Å². The van der Waals surface area contributed by atoms with Gasteiger partial charge < -0.3 is 15.8 Å². The molecule has 0 saturated heterocycles. The van der Waals surface area contributed by atoms with Crippen LogP contribution in [0.15, 0.2) is 12.4 Å². The van der Waals surface area contributed by atoms with Crippen molar-refractivity contribution < 1.29 is 9.53 Å². The number of ether oxygens (including phenoxy) is 1. The van der Waals surface area contributed by atoms with E-state index in [2.05, 4.69) is 15.3 Å². The summed E-state index contributed by atoms with van der Waals surface area (Å²) < 4.78 is 4.90. The minimum atomic E-state index is -0.433. The molecule has 1 aromatic rings. The lowest BCUT2D eigenvalue weighted by Crippen LogP contribution is -2.22. The molecule has 0 unspecified atom stereocenters. The van der Waals surface area contributed by atoms with Crippen molar-refractivity contribution in [3.8, 4) is 0 Å². The number of nitrogens with zero attached hydrogens (tertiary/aromatic N) is 2. The summed E-state index contributed by atoms with van der Waals surface area (Å²) in [5, 5.41) is 2.76. The molecule has 0 atom stereocenters. The van der Waals surface area contributed by atoms with Crippen LogP contribution in [0.1, 0.15) is 5.69 Å². The first-order chi connectivity index (χ1) is 6.72. The van der Waals surface area contributed by atoms with Crippen molar-refractivity contribution in [3.63, 3.8) is 0 Å². The largest absolute Gasteiger partial charge is 0.378 e. The molecule has 0 fully saturated rings. The molecule has 1 rings (SSSR count). The molecule has 0 aliphatic carbocycles. The van der Waals surface area contributed by atoms with E-state index in [1.54, 1.807) is 13.2 Å². The average Bonchev–Trinajstić information content (AvgIpc) is 2.16. The number of nitrogens with two attached hydrogens (primary N) is 1. The number of anilines is 1. The molecule has 1 aromatic heterocycles. The number of carbonyl (C=O) groups is 1. The molecule has 1 heterocycles. The van der Waals surface area contributed by atoms with Gasteiger partial charge in [-0.15, -0.1) is 0 Å². The average molecular weight is 196 g/mol. The van der Waals surface area contributed by atoms with Crippen molar-refractivity contribution >= 4 is 11.7 Å². The molecule has 0 bridgehead atoms. The number of nitrogens with one attached hydrogen (secondary N) is 1. The topological polar surface area (TPSA) is 90.1 Å². The third kappa shape index (κ3) is 3.36. The van der Waals surface area contributed by atoms with Gasteiger partial charge in [0.15, 0.2) is 0 Å². The van der Waals surface area contributed by atoms with Crippen LogP contribution in [0.3, 0.4) is 0 Å². The third-order valence-electron chi connectivity index (χ3n) is 1.46. The molecule has 6 nitrogen and oxygen atoms in total. The van der Waals surface area contributed by atoms with Gasteiger partial charge in [0.05, 0.1) is 18.8 Å². The molecule has 0 radical (unpaired) electrons. The maximum Gasteiger partial charge on any atom is 0.236 e. The van der Waals surface area contributed by atoms with Crippen LogP contribution in [-0.2, 0) is 16.1 Å². The van der Waals surface area contributed by atoms with Crippen molar-refractivity contribution in [2.75, 3.05) is 19.0 Å². The molecule has 0 spiro atoms. The molecule has 14 heavy (non-hydrogen) atoms. The molecule has 0 aliphatic rings. The zero-order valence-electron chi connectivity index (χ0n) is 7.86. The highest BCUT2D eigenvalue weighted by Crippen LogP contribution is 2.03. The second-order valence-electron chi connectivity index (χ2n) is 2.65. The van der Waals surface area contributed by atoms with Crippen molar-refractivity contribution in [1.82, 2.24) is 9.97 Å². The van der Waals surface area contributed by atoms with E-state index in [1.165, 1.54) is 6.33 Å². The highest BCUT2D eigenvalue weighted by molar-refractivity contribution is 5.78. The van der Waals surface area contributed by atoms with Gasteiger partial charge in [-0.1, -0.05) is 0 Å².